The van der Waals surface area contributed by atoms with E-state index in [-0.39, 0.29) is 17.9 Å². The van der Waals surface area contributed by atoms with Crippen molar-refractivity contribution in [2.45, 2.75) is 6.42 Å². The molecule has 0 fully saturated rings. The van der Waals surface area contributed by atoms with E-state index in [4.69, 9.17) is 8.94 Å². The molecule has 5 aromatic rings. The van der Waals surface area contributed by atoms with E-state index >= 15 is 0 Å². The summed E-state index contributed by atoms with van der Waals surface area (Å²) in [6.45, 7) is 0. The number of fused-ring (bicyclic) bond motifs is 1. The molecule has 9 heteroatoms. The molecule has 0 unspecified atom stereocenters. The molecule has 0 saturated carbocycles. The van der Waals surface area contributed by atoms with Crippen molar-refractivity contribution in [3.8, 4) is 28.6 Å². The molecule has 29 heavy (non-hydrogen) atoms. The Labute approximate surface area is 162 Å². The zero-order valence-electron chi connectivity index (χ0n) is 14.9. The van der Waals surface area contributed by atoms with Gasteiger partial charge in [0, 0.05) is 17.8 Å². The number of H-pyrrole nitrogens is 1. The van der Waals surface area contributed by atoms with E-state index in [1.165, 1.54) is 12.3 Å². The van der Waals surface area contributed by atoms with Crippen LogP contribution in [0.2, 0.25) is 0 Å². The molecule has 0 aliphatic heterocycles. The monoisotopic (exact) mass is 387 g/mol. The maximum Gasteiger partial charge on any atom is 0.280 e. The highest BCUT2D eigenvalue weighted by molar-refractivity contribution is 5.83. The van der Waals surface area contributed by atoms with Crippen LogP contribution in [0.4, 0.5) is 0 Å². The summed E-state index contributed by atoms with van der Waals surface area (Å²) in [7, 11) is 0. The molecule has 4 heterocycles. The molecule has 0 radical (unpaired) electrons. The molecule has 1 aromatic carbocycles. The van der Waals surface area contributed by atoms with Crippen LogP contribution in [0.25, 0.3) is 33.6 Å². The molecule has 0 spiro atoms. The number of nitrogens with zero attached hydrogens (tertiary/aromatic N) is 4. The maximum atomic E-state index is 12.6. The van der Waals surface area contributed by atoms with Gasteiger partial charge in [-0.3, -0.25) is 4.79 Å². The summed E-state index contributed by atoms with van der Waals surface area (Å²) in [5.74, 6) is 1.49. The van der Waals surface area contributed by atoms with E-state index in [9.17, 15) is 9.90 Å². The van der Waals surface area contributed by atoms with Gasteiger partial charge in [0.2, 0.25) is 17.6 Å². The van der Waals surface area contributed by atoms with Crippen LogP contribution in [-0.4, -0.2) is 30.2 Å². The van der Waals surface area contributed by atoms with Crippen LogP contribution in [-0.2, 0) is 6.42 Å². The molecule has 142 valence electrons. The summed E-state index contributed by atoms with van der Waals surface area (Å²) in [5.41, 5.74) is 1.85. The number of aromatic hydroxyl groups is 1. The van der Waals surface area contributed by atoms with Crippen LogP contribution in [0.1, 0.15) is 11.7 Å². The van der Waals surface area contributed by atoms with Crippen LogP contribution in [0.5, 0.6) is 5.88 Å². The van der Waals surface area contributed by atoms with Crippen LogP contribution in [0.3, 0.4) is 0 Å². The fraction of sp³-hybridized carbons (Fsp3) is 0.0500. The number of hydrogen-bond acceptors (Lipinski definition) is 8. The molecule has 0 amide bonds. The largest absolute Gasteiger partial charge is 0.493 e. The van der Waals surface area contributed by atoms with E-state index in [2.05, 4.69) is 25.1 Å². The summed E-state index contributed by atoms with van der Waals surface area (Å²) in [6, 6.07) is 12.1. The van der Waals surface area contributed by atoms with E-state index in [0.717, 1.165) is 11.1 Å². The number of benzene rings is 1. The highest BCUT2D eigenvalue weighted by atomic mass is 16.5. The summed E-state index contributed by atoms with van der Waals surface area (Å²) in [5, 5.41) is 13.6. The summed E-state index contributed by atoms with van der Waals surface area (Å²) in [4.78, 5) is 27.9. The molecule has 0 saturated heterocycles. The lowest BCUT2D eigenvalue weighted by Crippen LogP contribution is -2.12. The molecule has 0 bridgehead atoms. The first-order chi connectivity index (χ1) is 14.2. The van der Waals surface area contributed by atoms with Gasteiger partial charge >= 0.3 is 0 Å². The molecule has 2 N–H and O–H groups in total. The Kier molecular flexibility index (Phi) is 3.91. The van der Waals surface area contributed by atoms with Gasteiger partial charge in [0.05, 0.1) is 23.6 Å². The van der Waals surface area contributed by atoms with E-state index in [0.29, 0.717) is 34.2 Å². The van der Waals surface area contributed by atoms with E-state index < -0.39 is 0 Å². The average molecular weight is 387 g/mol. The second-order valence-corrected chi connectivity index (χ2v) is 6.32. The van der Waals surface area contributed by atoms with Gasteiger partial charge in [0.25, 0.3) is 5.56 Å². The lowest BCUT2D eigenvalue weighted by Gasteiger charge is -2.05. The summed E-state index contributed by atoms with van der Waals surface area (Å²) >= 11 is 0. The van der Waals surface area contributed by atoms with Gasteiger partial charge in [0.1, 0.15) is 5.82 Å². The quantitative estimate of drug-likeness (QED) is 0.481. The topological polar surface area (TPSA) is 131 Å². The molecule has 5 rings (SSSR count). The lowest BCUT2D eigenvalue weighted by atomic mass is 10.1. The lowest BCUT2D eigenvalue weighted by molar-refractivity contribution is 0.382. The van der Waals surface area contributed by atoms with Crippen molar-refractivity contribution in [2.24, 2.45) is 0 Å². The van der Waals surface area contributed by atoms with Gasteiger partial charge in [-0.2, -0.15) is 9.97 Å². The van der Waals surface area contributed by atoms with Crippen molar-refractivity contribution >= 4 is 10.9 Å². The Morgan fingerprint density at radius 3 is 2.76 bits per heavy atom. The molecular weight excluding hydrogens is 374 g/mol. The van der Waals surface area contributed by atoms with Gasteiger partial charge in [0.15, 0.2) is 5.76 Å². The van der Waals surface area contributed by atoms with Gasteiger partial charge in [-0.25, -0.2) is 4.98 Å². The number of rotatable bonds is 4. The van der Waals surface area contributed by atoms with Gasteiger partial charge in [-0.1, -0.05) is 11.2 Å². The van der Waals surface area contributed by atoms with Crippen molar-refractivity contribution in [3.05, 3.63) is 77.0 Å². The second-order valence-electron chi connectivity index (χ2n) is 6.32. The van der Waals surface area contributed by atoms with Gasteiger partial charge in [-0.05, 0) is 35.9 Å². The third-order valence-corrected chi connectivity index (χ3v) is 4.37. The van der Waals surface area contributed by atoms with Crippen molar-refractivity contribution in [1.82, 2.24) is 25.1 Å². The van der Waals surface area contributed by atoms with Crippen LogP contribution in [0.15, 0.2) is 68.7 Å². The van der Waals surface area contributed by atoms with Crippen molar-refractivity contribution in [2.75, 3.05) is 0 Å². The van der Waals surface area contributed by atoms with Crippen molar-refractivity contribution < 1.29 is 14.0 Å². The predicted molar refractivity (Wildman–Crippen MR) is 102 cm³/mol. The predicted octanol–water partition coefficient (Wildman–Crippen LogP) is 2.92. The minimum Gasteiger partial charge on any atom is -0.493 e. The molecule has 4 aromatic heterocycles. The third-order valence-electron chi connectivity index (χ3n) is 4.37. The highest BCUT2D eigenvalue weighted by Gasteiger charge is 2.13. The standard InChI is InChI=1S/C20H13N5O4/c26-17-6-4-12(10-21-17)11-3-5-14-13(8-11)20(27)23-16(22-14)9-18-24-19(25-29-18)15-2-1-7-28-15/h1-8,10H,9H2,(H,21,26)(H,22,23,27). The normalized spacial score (nSPS) is 11.2. The van der Waals surface area contributed by atoms with Gasteiger partial charge in [-0.15, -0.1) is 0 Å². The van der Waals surface area contributed by atoms with Crippen molar-refractivity contribution in [1.29, 1.82) is 0 Å². The smallest absolute Gasteiger partial charge is 0.280 e. The minimum atomic E-state index is -0.367. The molecule has 0 aliphatic rings. The Hall–Kier alpha value is -4.27. The molecular formula is C20H13N5O4. The van der Waals surface area contributed by atoms with Crippen LogP contribution in [0, 0.1) is 0 Å². The average Bonchev–Trinajstić information content (AvgIpc) is 3.40. The summed E-state index contributed by atoms with van der Waals surface area (Å²) < 4.78 is 10.5. The Morgan fingerprint density at radius 1 is 1.07 bits per heavy atom. The Bertz CT molecular complexity index is 1350. The number of aromatic nitrogens is 5. The molecule has 0 atom stereocenters. The van der Waals surface area contributed by atoms with Crippen LogP contribution < -0.4 is 5.56 Å². The number of nitrogens with one attached hydrogen (secondary N) is 1. The number of aromatic amines is 1. The first-order valence-corrected chi connectivity index (χ1v) is 8.70. The first-order valence-electron chi connectivity index (χ1n) is 8.70. The SMILES string of the molecule is O=c1nc(Cc2nc(-c3ccco3)no2)[nH]c2ccc(-c3ccc(O)nc3)cc12. The molecule has 9 nitrogen and oxygen atoms in total. The van der Waals surface area contributed by atoms with Crippen molar-refractivity contribution in [3.63, 3.8) is 0 Å². The fourth-order valence-corrected chi connectivity index (χ4v) is 2.99. The second kappa shape index (κ2) is 6.71. The minimum absolute atomic E-state index is 0.0603. The number of pyridine rings is 1. The maximum absolute atomic E-state index is 12.6. The highest BCUT2D eigenvalue weighted by Crippen LogP contribution is 2.23. The Morgan fingerprint density at radius 2 is 1.97 bits per heavy atom. The van der Waals surface area contributed by atoms with Crippen LogP contribution >= 0.6 is 0 Å². The van der Waals surface area contributed by atoms with E-state index in [1.54, 1.807) is 36.5 Å². The molecule has 0 aliphatic carbocycles. The summed E-state index contributed by atoms with van der Waals surface area (Å²) in [6.07, 6.45) is 3.25. The Balaban J connectivity index is 1.46. The first kappa shape index (κ1) is 16.9. The fourth-order valence-electron chi connectivity index (χ4n) is 2.99. The van der Waals surface area contributed by atoms with Gasteiger partial charge < -0.3 is 19.0 Å². The number of furan rings is 1. The number of hydrogen-bond donors (Lipinski definition) is 2. The zero-order chi connectivity index (χ0) is 19.8. The third kappa shape index (κ3) is 3.25. The zero-order valence-corrected chi connectivity index (χ0v) is 14.9. The van der Waals surface area contributed by atoms with E-state index in [1.807, 2.05) is 6.07 Å².